The third-order valence-electron chi connectivity index (χ3n) is 2.49. The number of aryl methyl sites for hydroxylation is 1. The minimum atomic E-state index is -3.19. The van der Waals surface area contributed by atoms with Gasteiger partial charge in [-0.3, -0.25) is 0 Å². The molecular weight excluding hydrogens is 248 g/mol. The Balaban J connectivity index is 2.96. The molecule has 0 aliphatic heterocycles. The summed E-state index contributed by atoms with van der Waals surface area (Å²) >= 11 is 0. The first kappa shape index (κ1) is 14.1. The van der Waals surface area contributed by atoms with Gasteiger partial charge in [0, 0.05) is 17.9 Å². The van der Waals surface area contributed by atoms with E-state index in [0.717, 1.165) is 12.3 Å². The third kappa shape index (κ3) is 3.74. The van der Waals surface area contributed by atoms with Crippen LogP contribution in [0.5, 0.6) is 0 Å². The summed E-state index contributed by atoms with van der Waals surface area (Å²) in [6.07, 6.45) is 1.05. The summed E-state index contributed by atoms with van der Waals surface area (Å²) in [5.74, 6) is -1.64. The predicted octanol–water partition coefficient (Wildman–Crippen LogP) is 1.71. The van der Waals surface area contributed by atoms with E-state index in [0.29, 0.717) is 0 Å². The molecule has 3 nitrogen and oxygen atoms in total. The third-order valence-corrected chi connectivity index (χ3v) is 3.47. The van der Waals surface area contributed by atoms with Gasteiger partial charge in [-0.1, -0.05) is 6.07 Å². The van der Waals surface area contributed by atoms with Crippen molar-refractivity contribution in [2.75, 3.05) is 12.0 Å². The summed E-state index contributed by atoms with van der Waals surface area (Å²) in [5.41, 5.74) is 5.67. The van der Waals surface area contributed by atoms with Crippen molar-refractivity contribution in [2.24, 2.45) is 5.73 Å². The summed E-state index contributed by atoms with van der Waals surface area (Å²) in [7, 11) is -3.19. The van der Waals surface area contributed by atoms with Gasteiger partial charge in [0.15, 0.2) is 0 Å². The lowest BCUT2D eigenvalue weighted by atomic mass is 10.0. The van der Waals surface area contributed by atoms with Gasteiger partial charge in [-0.05, 0) is 25.0 Å². The van der Waals surface area contributed by atoms with Gasteiger partial charge in [-0.25, -0.2) is 17.2 Å². The van der Waals surface area contributed by atoms with Gasteiger partial charge in [-0.2, -0.15) is 0 Å². The van der Waals surface area contributed by atoms with Crippen molar-refractivity contribution in [3.63, 3.8) is 0 Å². The first-order chi connectivity index (χ1) is 7.72. The number of hydrogen-bond acceptors (Lipinski definition) is 3. The molecule has 17 heavy (non-hydrogen) atoms. The first-order valence-electron chi connectivity index (χ1n) is 5.10. The van der Waals surface area contributed by atoms with E-state index in [1.807, 2.05) is 0 Å². The second-order valence-corrected chi connectivity index (χ2v) is 6.38. The van der Waals surface area contributed by atoms with E-state index in [4.69, 9.17) is 5.73 Å². The molecule has 1 unspecified atom stereocenters. The summed E-state index contributed by atoms with van der Waals surface area (Å²) in [5, 5.41) is 0. The Morgan fingerprint density at radius 1 is 1.35 bits per heavy atom. The van der Waals surface area contributed by atoms with E-state index in [1.54, 1.807) is 0 Å². The number of halogens is 2. The van der Waals surface area contributed by atoms with E-state index < -0.39 is 27.5 Å². The molecule has 0 saturated heterocycles. The van der Waals surface area contributed by atoms with Crippen molar-refractivity contribution < 1.29 is 17.2 Å². The molecular formula is C11H15F2NO2S. The topological polar surface area (TPSA) is 60.2 Å². The zero-order valence-electron chi connectivity index (χ0n) is 9.70. The maximum Gasteiger partial charge on any atom is 0.147 e. The number of rotatable bonds is 4. The second-order valence-electron chi connectivity index (χ2n) is 4.12. The predicted molar refractivity (Wildman–Crippen MR) is 62.4 cm³/mol. The van der Waals surface area contributed by atoms with Crippen LogP contribution in [0.25, 0.3) is 0 Å². The van der Waals surface area contributed by atoms with Crippen molar-refractivity contribution in [1.29, 1.82) is 0 Å². The van der Waals surface area contributed by atoms with Crippen molar-refractivity contribution in [1.82, 2.24) is 0 Å². The van der Waals surface area contributed by atoms with Crippen molar-refractivity contribution in [3.05, 3.63) is 34.9 Å². The molecule has 0 amide bonds. The van der Waals surface area contributed by atoms with Gasteiger partial charge in [0.2, 0.25) is 0 Å². The molecule has 1 atom stereocenters. The molecule has 1 aromatic carbocycles. The van der Waals surface area contributed by atoms with Crippen LogP contribution >= 0.6 is 0 Å². The normalized spacial score (nSPS) is 13.7. The Morgan fingerprint density at radius 2 is 1.94 bits per heavy atom. The van der Waals surface area contributed by atoms with E-state index in [2.05, 4.69) is 0 Å². The number of benzene rings is 1. The molecule has 1 rings (SSSR count). The smallest absolute Gasteiger partial charge is 0.147 e. The van der Waals surface area contributed by atoms with Gasteiger partial charge in [-0.15, -0.1) is 0 Å². The maximum atomic E-state index is 13.7. The quantitative estimate of drug-likeness (QED) is 0.899. The van der Waals surface area contributed by atoms with Gasteiger partial charge in [0.05, 0.1) is 5.75 Å². The number of sulfone groups is 1. The van der Waals surface area contributed by atoms with Crippen LogP contribution in [0.3, 0.4) is 0 Å². The molecule has 0 spiro atoms. The SMILES string of the molecule is Cc1ccc(F)c(C(N)CCS(C)(=O)=O)c1F. The van der Waals surface area contributed by atoms with Crippen LogP contribution in [-0.4, -0.2) is 20.4 Å². The fourth-order valence-electron chi connectivity index (χ4n) is 1.50. The standard InChI is InChI=1S/C11H15F2NO2S/c1-7-3-4-8(12)10(11(7)13)9(14)5-6-17(2,15)16/h3-4,9H,5-6,14H2,1-2H3. The molecule has 0 radical (unpaired) electrons. The minimum Gasteiger partial charge on any atom is -0.324 e. The Hall–Kier alpha value is -1.01. The largest absolute Gasteiger partial charge is 0.324 e. The zero-order chi connectivity index (χ0) is 13.2. The summed E-state index contributed by atoms with van der Waals surface area (Å²) in [6.45, 7) is 1.50. The molecule has 2 N–H and O–H groups in total. The molecule has 0 aliphatic carbocycles. The average molecular weight is 263 g/mol. The highest BCUT2D eigenvalue weighted by molar-refractivity contribution is 7.90. The van der Waals surface area contributed by atoms with Gasteiger partial charge in [0.25, 0.3) is 0 Å². The van der Waals surface area contributed by atoms with Crippen LogP contribution in [-0.2, 0) is 9.84 Å². The zero-order valence-corrected chi connectivity index (χ0v) is 10.5. The molecule has 0 heterocycles. The minimum absolute atomic E-state index is 0.00384. The van der Waals surface area contributed by atoms with Gasteiger partial charge >= 0.3 is 0 Å². The Morgan fingerprint density at radius 3 is 2.47 bits per heavy atom. The van der Waals surface area contributed by atoms with E-state index in [9.17, 15) is 17.2 Å². The van der Waals surface area contributed by atoms with Gasteiger partial charge in [0.1, 0.15) is 21.5 Å². The van der Waals surface area contributed by atoms with Crippen LogP contribution in [0.1, 0.15) is 23.6 Å². The van der Waals surface area contributed by atoms with E-state index in [-0.39, 0.29) is 23.3 Å². The summed E-state index contributed by atoms with van der Waals surface area (Å²) in [6, 6.07) is 1.50. The lowest BCUT2D eigenvalue weighted by molar-refractivity contribution is 0.514. The summed E-state index contributed by atoms with van der Waals surface area (Å²) < 4.78 is 49.0. The highest BCUT2D eigenvalue weighted by atomic mass is 32.2. The van der Waals surface area contributed by atoms with Crippen molar-refractivity contribution in [2.45, 2.75) is 19.4 Å². The maximum absolute atomic E-state index is 13.7. The van der Waals surface area contributed by atoms with Crippen molar-refractivity contribution in [3.8, 4) is 0 Å². The van der Waals surface area contributed by atoms with Crippen LogP contribution < -0.4 is 5.73 Å². The molecule has 96 valence electrons. The van der Waals surface area contributed by atoms with E-state index in [1.165, 1.54) is 13.0 Å². The highest BCUT2D eigenvalue weighted by Gasteiger charge is 2.19. The molecule has 0 aromatic heterocycles. The monoisotopic (exact) mass is 263 g/mol. The Labute approximate surface area is 99.6 Å². The molecule has 0 saturated carbocycles. The van der Waals surface area contributed by atoms with Gasteiger partial charge < -0.3 is 5.73 Å². The summed E-state index contributed by atoms with van der Waals surface area (Å²) in [4.78, 5) is 0. The average Bonchev–Trinajstić information content (AvgIpc) is 2.20. The van der Waals surface area contributed by atoms with Crippen LogP contribution in [0, 0.1) is 18.6 Å². The molecule has 0 bridgehead atoms. The molecule has 1 aromatic rings. The van der Waals surface area contributed by atoms with Crippen LogP contribution in [0.15, 0.2) is 12.1 Å². The van der Waals surface area contributed by atoms with Crippen LogP contribution in [0.2, 0.25) is 0 Å². The lowest BCUT2D eigenvalue weighted by Crippen LogP contribution is -2.18. The Bertz CT molecular complexity index is 514. The first-order valence-corrected chi connectivity index (χ1v) is 7.16. The Kier molecular flexibility index (Phi) is 4.21. The molecule has 0 aliphatic rings. The lowest BCUT2D eigenvalue weighted by Gasteiger charge is -2.14. The second kappa shape index (κ2) is 5.10. The van der Waals surface area contributed by atoms with E-state index >= 15 is 0 Å². The van der Waals surface area contributed by atoms with Crippen molar-refractivity contribution >= 4 is 9.84 Å². The fourth-order valence-corrected chi connectivity index (χ4v) is 2.19. The fraction of sp³-hybridized carbons (Fsp3) is 0.455. The van der Waals surface area contributed by atoms with Crippen LogP contribution in [0.4, 0.5) is 8.78 Å². The molecule has 0 fully saturated rings. The molecule has 6 heteroatoms. The number of nitrogens with two attached hydrogens (primary N) is 1. The number of hydrogen-bond donors (Lipinski definition) is 1. The highest BCUT2D eigenvalue weighted by Crippen LogP contribution is 2.24.